The van der Waals surface area contributed by atoms with Crippen molar-refractivity contribution in [3.63, 3.8) is 0 Å². The maximum Gasteiger partial charge on any atom is 0.355 e. The largest absolute Gasteiger partial charge is 1.00 e. The lowest BCUT2D eigenvalue weighted by Gasteiger charge is -2.22. The molecule has 110 valence electrons. The number of quaternary nitrogens is 1. The fourth-order valence-corrected chi connectivity index (χ4v) is 1.99. The van der Waals surface area contributed by atoms with E-state index in [0.29, 0.717) is 12.3 Å². The van der Waals surface area contributed by atoms with Crippen molar-refractivity contribution in [1.29, 1.82) is 0 Å². The van der Waals surface area contributed by atoms with E-state index in [0.717, 1.165) is 22.4 Å². The molecule has 5 nitrogen and oxygen atoms in total. The van der Waals surface area contributed by atoms with Crippen LogP contribution in [0.15, 0.2) is 24.4 Å². The molecule has 20 heavy (non-hydrogen) atoms. The minimum atomic E-state index is -0.317. The quantitative estimate of drug-likeness (QED) is 0.372. The molecular weight excluding hydrogens is 369 g/mol. The first-order valence-electron chi connectivity index (χ1n) is 6.35. The second kappa shape index (κ2) is 6.53. The van der Waals surface area contributed by atoms with Gasteiger partial charge in [-0.2, -0.15) is 0 Å². The highest BCUT2D eigenvalue weighted by Crippen LogP contribution is 2.12. The predicted molar refractivity (Wildman–Crippen MR) is 72.9 cm³/mol. The predicted octanol–water partition coefficient (Wildman–Crippen LogP) is -1.28. The average Bonchev–Trinajstić information content (AvgIpc) is 2.68. The maximum absolute atomic E-state index is 11.9. The molecule has 0 saturated carbocycles. The van der Waals surface area contributed by atoms with Crippen LogP contribution in [0.25, 0.3) is 5.65 Å². The summed E-state index contributed by atoms with van der Waals surface area (Å²) in [5, 5.41) is 0. The molecule has 2 rings (SSSR count). The number of carbonyl (C=O) groups is 1. The summed E-state index contributed by atoms with van der Waals surface area (Å²) >= 11 is 0. The van der Waals surface area contributed by atoms with Gasteiger partial charge in [-0.15, -0.1) is 0 Å². The van der Waals surface area contributed by atoms with Crippen molar-refractivity contribution >= 4 is 11.6 Å². The first-order chi connectivity index (χ1) is 8.90. The van der Waals surface area contributed by atoms with Gasteiger partial charge in [-0.1, -0.05) is 6.07 Å². The van der Waals surface area contributed by atoms with Crippen LogP contribution in [0.3, 0.4) is 0 Å². The van der Waals surface area contributed by atoms with Crippen molar-refractivity contribution in [2.75, 3.05) is 27.7 Å². The molecule has 0 amide bonds. The van der Waals surface area contributed by atoms with Gasteiger partial charge in [0.2, 0.25) is 0 Å². The normalized spacial score (nSPS) is 11.2. The highest BCUT2D eigenvalue weighted by Gasteiger charge is 2.16. The number of pyridine rings is 1. The fraction of sp³-hybridized carbons (Fsp3) is 0.429. The maximum atomic E-state index is 11.9. The molecule has 0 aromatic carbocycles. The molecule has 0 spiro atoms. The van der Waals surface area contributed by atoms with Crippen molar-refractivity contribution in [1.82, 2.24) is 9.38 Å². The van der Waals surface area contributed by atoms with Crippen LogP contribution in [0.2, 0.25) is 0 Å². The number of imidazole rings is 1. The van der Waals surface area contributed by atoms with E-state index in [4.69, 9.17) is 4.74 Å². The van der Waals surface area contributed by atoms with Gasteiger partial charge in [-0.25, -0.2) is 9.78 Å². The number of carbonyl (C=O) groups excluding carboxylic acids is 1. The molecule has 0 aliphatic rings. The van der Waals surface area contributed by atoms with Crippen LogP contribution in [0.1, 0.15) is 23.1 Å². The summed E-state index contributed by atoms with van der Waals surface area (Å²) in [5.74, 6) is -0.317. The molecule has 0 aliphatic heterocycles. The molecule has 0 atom stereocenters. The summed E-state index contributed by atoms with van der Waals surface area (Å²) in [7, 11) is 6.32. The number of hydrogen-bond donors (Lipinski definition) is 0. The molecule has 2 aromatic heterocycles. The summed E-state index contributed by atoms with van der Waals surface area (Å²) in [4.78, 5) is 16.4. The van der Waals surface area contributed by atoms with Gasteiger partial charge in [-0.05, 0) is 19.1 Å². The Labute approximate surface area is 136 Å². The van der Waals surface area contributed by atoms with Crippen LogP contribution in [0.4, 0.5) is 0 Å². The Kier molecular flexibility index (Phi) is 5.52. The minimum absolute atomic E-state index is 0. The molecule has 0 aliphatic carbocycles. The molecule has 0 N–H and O–H groups in total. The van der Waals surface area contributed by atoms with E-state index in [-0.39, 0.29) is 29.9 Å². The zero-order chi connectivity index (χ0) is 14.0. The van der Waals surface area contributed by atoms with Crippen molar-refractivity contribution in [3.05, 3.63) is 35.8 Å². The van der Waals surface area contributed by atoms with Gasteiger partial charge >= 0.3 is 5.97 Å². The molecule has 2 heterocycles. The Morgan fingerprint density at radius 3 is 2.65 bits per heavy atom. The van der Waals surface area contributed by atoms with Gasteiger partial charge in [0.15, 0.2) is 0 Å². The van der Waals surface area contributed by atoms with Gasteiger partial charge in [0.1, 0.15) is 23.6 Å². The highest BCUT2D eigenvalue weighted by molar-refractivity contribution is 5.88. The zero-order valence-electron chi connectivity index (χ0n) is 12.3. The van der Waals surface area contributed by atoms with Crippen molar-refractivity contribution < 1.29 is 38.0 Å². The lowest BCUT2D eigenvalue weighted by molar-refractivity contribution is -0.884. The van der Waals surface area contributed by atoms with Crippen molar-refractivity contribution in [2.45, 2.75) is 13.5 Å². The summed E-state index contributed by atoms with van der Waals surface area (Å²) in [6.45, 7) is 2.98. The van der Waals surface area contributed by atoms with E-state index >= 15 is 0 Å². The van der Waals surface area contributed by atoms with E-state index in [1.165, 1.54) is 0 Å². The second-order valence-corrected chi connectivity index (χ2v) is 5.54. The third-order valence-electron chi connectivity index (χ3n) is 2.66. The Balaban J connectivity index is 0.00000200. The Morgan fingerprint density at radius 2 is 2.05 bits per heavy atom. The molecule has 2 aromatic rings. The van der Waals surface area contributed by atoms with E-state index in [1.54, 1.807) is 17.4 Å². The Bertz CT molecular complexity index is 602. The van der Waals surface area contributed by atoms with Crippen LogP contribution in [0, 0.1) is 0 Å². The van der Waals surface area contributed by atoms with Crippen LogP contribution in [-0.2, 0) is 11.3 Å². The SMILES string of the molecule is CCOC(=O)c1cccc2nc(C[N+](C)(C)C)cn12.[I-]. The van der Waals surface area contributed by atoms with Gasteiger partial charge in [-0.3, -0.25) is 4.40 Å². The molecule has 0 radical (unpaired) electrons. The lowest BCUT2D eigenvalue weighted by atomic mass is 10.3. The van der Waals surface area contributed by atoms with Crippen molar-refractivity contribution in [2.24, 2.45) is 0 Å². The number of esters is 1. The highest BCUT2D eigenvalue weighted by atomic mass is 127. The molecule has 0 saturated heterocycles. The topological polar surface area (TPSA) is 43.6 Å². The van der Waals surface area contributed by atoms with Gasteiger partial charge in [0, 0.05) is 6.20 Å². The molecule has 0 unspecified atom stereocenters. The second-order valence-electron chi connectivity index (χ2n) is 5.54. The van der Waals surface area contributed by atoms with E-state index < -0.39 is 0 Å². The first kappa shape index (κ1) is 16.9. The Hall–Kier alpha value is -1.15. The first-order valence-corrected chi connectivity index (χ1v) is 6.35. The zero-order valence-corrected chi connectivity index (χ0v) is 14.4. The molecular formula is C14H20IN3O2. The summed E-state index contributed by atoms with van der Waals surface area (Å²) in [6.07, 6.45) is 1.91. The summed E-state index contributed by atoms with van der Waals surface area (Å²) < 4.78 is 7.64. The molecule has 0 fully saturated rings. The van der Waals surface area contributed by atoms with Crippen LogP contribution < -0.4 is 24.0 Å². The van der Waals surface area contributed by atoms with Crippen LogP contribution >= 0.6 is 0 Å². The molecule has 6 heteroatoms. The van der Waals surface area contributed by atoms with Gasteiger partial charge in [0.05, 0.1) is 27.7 Å². The summed E-state index contributed by atoms with van der Waals surface area (Å²) in [5.41, 5.74) is 2.25. The number of fused-ring (bicyclic) bond motifs is 1. The van der Waals surface area contributed by atoms with E-state index in [1.807, 2.05) is 18.3 Å². The lowest BCUT2D eigenvalue weighted by Crippen LogP contribution is -3.00. The van der Waals surface area contributed by atoms with E-state index in [9.17, 15) is 4.79 Å². The van der Waals surface area contributed by atoms with E-state index in [2.05, 4.69) is 26.1 Å². The van der Waals surface area contributed by atoms with Crippen LogP contribution in [-0.4, -0.2) is 47.6 Å². The number of rotatable bonds is 4. The number of aromatic nitrogens is 2. The number of nitrogens with zero attached hydrogens (tertiary/aromatic N) is 3. The summed E-state index contributed by atoms with van der Waals surface area (Å²) in [6, 6.07) is 5.47. The third kappa shape index (κ3) is 3.92. The third-order valence-corrected chi connectivity index (χ3v) is 2.66. The van der Waals surface area contributed by atoms with Crippen LogP contribution in [0.5, 0.6) is 0 Å². The minimum Gasteiger partial charge on any atom is -1.00 e. The smallest absolute Gasteiger partial charge is 0.355 e. The fourth-order valence-electron chi connectivity index (χ4n) is 1.99. The standard InChI is InChI=1S/C14H20N3O2.HI/c1-5-19-14(18)12-7-6-8-13-15-11(9-16(12)13)10-17(2,3)4;/h6-9H,5,10H2,1-4H3;1H/q+1;/p-1. The number of ether oxygens (including phenoxy) is 1. The molecule has 0 bridgehead atoms. The van der Waals surface area contributed by atoms with Gasteiger partial charge in [0.25, 0.3) is 0 Å². The average molecular weight is 389 g/mol. The number of hydrogen-bond acceptors (Lipinski definition) is 3. The Morgan fingerprint density at radius 1 is 1.35 bits per heavy atom. The van der Waals surface area contributed by atoms with Gasteiger partial charge < -0.3 is 33.2 Å². The monoisotopic (exact) mass is 389 g/mol. The number of halogens is 1. The van der Waals surface area contributed by atoms with Crippen molar-refractivity contribution in [3.8, 4) is 0 Å².